The number of primary amides is 1. The fraction of sp³-hybridized carbons (Fsp3) is 0.529. The van der Waals surface area contributed by atoms with Gasteiger partial charge in [0.2, 0.25) is 5.91 Å². The number of anilines is 2. The Morgan fingerprint density at radius 2 is 1.95 bits per heavy atom. The van der Waals surface area contributed by atoms with Crippen LogP contribution in [0.25, 0.3) is 0 Å². The molecule has 0 aliphatic carbocycles. The summed E-state index contributed by atoms with van der Waals surface area (Å²) in [6, 6.07) is 5.33. The Morgan fingerprint density at radius 3 is 2.59 bits per heavy atom. The molecule has 2 amide bonds. The summed E-state index contributed by atoms with van der Waals surface area (Å²) in [5.74, 6) is -0.414. The van der Waals surface area contributed by atoms with Crippen molar-refractivity contribution in [3.05, 3.63) is 23.8 Å². The molecule has 3 N–H and O–H groups in total. The smallest absolute Gasteiger partial charge is 0.250 e. The normalized spacial score (nSPS) is 14.7. The molecule has 1 aliphatic heterocycles. The van der Waals surface area contributed by atoms with Crippen molar-refractivity contribution in [1.29, 1.82) is 0 Å². The largest absolute Gasteiger partial charge is 0.371 e. The van der Waals surface area contributed by atoms with Gasteiger partial charge in [-0.05, 0) is 43.9 Å². The molecule has 0 saturated carbocycles. The number of nitrogens with one attached hydrogen (secondary N) is 1. The molecule has 1 aromatic rings. The molecule has 0 radical (unpaired) electrons. The maximum atomic E-state index is 11.9. The van der Waals surface area contributed by atoms with Gasteiger partial charge in [0.25, 0.3) is 5.91 Å². The van der Waals surface area contributed by atoms with E-state index >= 15 is 0 Å². The third-order valence-corrected chi connectivity index (χ3v) is 4.00. The molecule has 5 heteroatoms. The second-order valence-corrected chi connectivity index (χ2v) is 5.80. The van der Waals surface area contributed by atoms with Crippen LogP contribution in [0.4, 0.5) is 11.4 Å². The van der Waals surface area contributed by atoms with Gasteiger partial charge in [-0.2, -0.15) is 0 Å². The average molecular weight is 303 g/mol. The van der Waals surface area contributed by atoms with E-state index in [1.165, 1.54) is 6.42 Å². The summed E-state index contributed by atoms with van der Waals surface area (Å²) in [5, 5.41) is 2.90. The topological polar surface area (TPSA) is 75.4 Å². The van der Waals surface area contributed by atoms with Crippen LogP contribution >= 0.6 is 0 Å². The van der Waals surface area contributed by atoms with Gasteiger partial charge in [-0.3, -0.25) is 9.59 Å². The molecule has 2 rings (SSSR count). The highest BCUT2D eigenvalue weighted by Gasteiger charge is 2.18. The van der Waals surface area contributed by atoms with E-state index in [0.717, 1.165) is 50.1 Å². The minimum Gasteiger partial charge on any atom is -0.371 e. The van der Waals surface area contributed by atoms with Crippen LogP contribution in [0.3, 0.4) is 0 Å². The van der Waals surface area contributed by atoms with Crippen molar-refractivity contribution in [1.82, 2.24) is 0 Å². The Balaban J connectivity index is 2.19. The van der Waals surface area contributed by atoms with Crippen LogP contribution in [0.2, 0.25) is 0 Å². The third kappa shape index (κ3) is 4.23. The first-order valence-corrected chi connectivity index (χ1v) is 8.10. The Hall–Kier alpha value is -2.04. The molecule has 0 aromatic heterocycles. The van der Waals surface area contributed by atoms with Crippen LogP contribution in [-0.2, 0) is 4.79 Å². The zero-order valence-electron chi connectivity index (χ0n) is 13.2. The molecular weight excluding hydrogens is 278 g/mol. The fourth-order valence-electron chi connectivity index (χ4n) is 2.78. The lowest BCUT2D eigenvalue weighted by molar-refractivity contribution is -0.116. The molecule has 0 atom stereocenters. The molecule has 1 heterocycles. The molecule has 0 spiro atoms. The predicted octanol–water partition coefficient (Wildman–Crippen LogP) is 2.90. The summed E-state index contributed by atoms with van der Waals surface area (Å²) in [7, 11) is 0. The summed E-state index contributed by atoms with van der Waals surface area (Å²) in [6.45, 7) is 3.91. The number of hydrogen-bond acceptors (Lipinski definition) is 3. The standard InChI is InChI=1S/C17H25N3O2/c1-2-3-7-16(21)19-13-8-9-14(17(18)22)15(12-13)20-10-5-4-6-11-20/h8-9,12H,2-7,10-11H2,1H3,(H2,18,22)(H,19,21). The highest BCUT2D eigenvalue weighted by molar-refractivity contribution is 6.00. The van der Waals surface area contributed by atoms with E-state index in [1.807, 2.05) is 6.07 Å². The van der Waals surface area contributed by atoms with Crippen molar-refractivity contribution in [2.75, 3.05) is 23.3 Å². The van der Waals surface area contributed by atoms with Crippen molar-refractivity contribution in [2.45, 2.75) is 45.4 Å². The first kappa shape index (κ1) is 16.3. The molecule has 1 fully saturated rings. The molecule has 0 bridgehead atoms. The Bertz CT molecular complexity index is 537. The molecule has 1 aliphatic rings. The predicted molar refractivity (Wildman–Crippen MR) is 89.2 cm³/mol. The minimum atomic E-state index is -0.426. The number of unbranched alkanes of at least 4 members (excludes halogenated alkanes) is 1. The van der Waals surface area contributed by atoms with Crippen LogP contribution < -0.4 is 16.0 Å². The summed E-state index contributed by atoms with van der Waals surface area (Å²) in [6.07, 6.45) is 5.84. The van der Waals surface area contributed by atoms with Crippen molar-refractivity contribution in [3.63, 3.8) is 0 Å². The number of piperidine rings is 1. The lowest BCUT2D eigenvalue weighted by Gasteiger charge is -2.30. The van der Waals surface area contributed by atoms with Gasteiger partial charge < -0.3 is 16.0 Å². The second kappa shape index (κ2) is 7.82. The van der Waals surface area contributed by atoms with E-state index in [-0.39, 0.29) is 5.91 Å². The molecule has 22 heavy (non-hydrogen) atoms. The van der Waals surface area contributed by atoms with Crippen LogP contribution in [0.15, 0.2) is 18.2 Å². The molecule has 1 aromatic carbocycles. The van der Waals surface area contributed by atoms with Crippen LogP contribution in [0.5, 0.6) is 0 Å². The van der Waals surface area contributed by atoms with Crippen LogP contribution in [0, 0.1) is 0 Å². The number of benzene rings is 1. The Kier molecular flexibility index (Phi) is 5.81. The Labute approximate surface area is 131 Å². The third-order valence-electron chi connectivity index (χ3n) is 4.00. The van der Waals surface area contributed by atoms with E-state index < -0.39 is 5.91 Å². The van der Waals surface area contributed by atoms with E-state index in [4.69, 9.17) is 5.73 Å². The number of amides is 2. The van der Waals surface area contributed by atoms with Crippen molar-refractivity contribution in [2.24, 2.45) is 5.73 Å². The zero-order chi connectivity index (χ0) is 15.9. The average Bonchev–Trinajstić information content (AvgIpc) is 2.53. The molecule has 0 unspecified atom stereocenters. The minimum absolute atomic E-state index is 0.0123. The second-order valence-electron chi connectivity index (χ2n) is 5.80. The molecule has 5 nitrogen and oxygen atoms in total. The van der Waals surface area contributed by atoms with Gasteiger partial charge in [0.15, 0.2) is 0 Å². The maximum absolute atomic E-state index is 11.9. The number of nitrogens with two attached hydrogens (primary N) is 1. The SMILES string of the molecule is CCCCC(=O)Nc1ccc(C(N)=O)c(N2CCCCC2)c1. The number of rotatable bonds is 6. The van der Waals surface area contributed by atoms with Crippen LogP contribution in [0.1, 0.15) is 55.8 Å². The number of carbonyl (C=O) groups is 2. The van der Waals surface area contributed by atoms with Gasteiger partial charge in [0.1, 0.15) is 0 Å². The summed E-state index contributed by atoms with van der Waals surface area (Å²) in [4.78, 5) is 25.7. The van der Waals surface area contributed by atoms with Gasteiger partial charge in [0.05, 0.1) is 11.3 Å². The highest BCUT2D eigenvalue weighted by atomic mass is 16.2. The Morgan fingerprint density at radius 1 is 1.23 bits per heavy atom. The van der Waals surface area contributed by atoms with Crippen molar-refractivity contribution in [3.8, 4) is 0 Å². The van der Waals surface area contributed by atoms with Crippen molar-refractivity contribution >= 4 is 23.2 Å². The van der Waals surface area contributed by atoms with Gasteiger partial charge >= 0.3 is 0 Å². The van der Waals surface area contributed by atoms with E-state index in [9.17, 15) is 9.59 Å². The van der Waals surface area contributed by atoms with Gasteiger partial charge in [-0.15, -0.1) is 0 Å². The number of nitrogens with zero attached hydrogens (tertiary/aromatic N) is 1. The lowest BCUT2D eigenvalue weighted by Crippen LogP contribution is -2.31. The molecule has 1 saturated heterocycles. The van der Waals surface area contributed by atoms with E-state index in [0.29, 0.717) is 12.0 Å². The van der Waals surface area contributed by atoms with Gasteiger partial charge in [-0.25, -0.2) is 0 Å². The summed E-state index contributed by atoms with van der Waals surface area (Å²) >= 11 is 0. The monoisotopic (exact) mass is 303 g/mol. The summed E-state index contributed by atoms with van der Waals surface area (Å²) in [5.41, 5.74) is 7.57. The van der Waals surface area contributed by atoms with E-state index in [2.05, 4.69) is 17.1 Å². The van der Waals surface area contributed by atoms with Crippen LogP contribution in [-0.4, -0.2) is 24.9 Å². The van der Waals surface area contributed by atoms with E-state index in [1.54, 1.807) is 12.1 Å². The van der Waals surface area contributed by atoms with Crippen molar-refractivity contribution < 1.29 is 9.59 Å². The number of hydrogen-bond donors (Lipinski definition) is 2. The van der Waals surface area contributed by atoms with Gasteiger partial charge in [0, 0.05) is 25.2 Å². The quantitative estimate of drug-likeness (QED) is 0.848. The summed E-state index contributed by atoms with van der Waals surface area (Å²) < 4.78 is 0. The highest BCUT2D eigenvalue weighted by Crippen LogP contribution is 2.27. The zero-order valence-corrected chi connectivity index (χ0v) is 13.2. The maximum Gasteiger partial charge on any atom is 0.250 e. The number of carbonyl (C=O) groups excluding carboxylic acids is 2. The first-order valence-electron chi connectivity index (χ1n) is 8.10. The van der Waals surface area contributed by atoms with Gasteiger partial charge in [-0.1, -0.05) is 13.3 Å². The molecule has 120 valence electrons. The lowest BCUT2D eigenvalue weighted by atomic mass is 10.1. The first-order chi connectivity index (χ1) is 10.6. The molecular formula is C17H25N3O2. The fourth-order valence-corrected chi connectivity index (χ4v) is 2.78.